The fourth-order valence-corrected chi connectivity index (χ4v) is 2.38. The summed E-state index contributed by atoms with van der Waals surface area (Å²) in [5.41, 5.74) is 7.00. The number of nitrogens with one attached hydrogen (secondary N) is 1. The van der Waals surface area contributed by atoms with Gasteiger partial charge in [0, 0.05) is 36.8 Å². The van der Waals surface area contributed by atoms with Crippen molar-refractivity contribution in [2.45, 2.75) is 12.8 Å². The second kappa shape index (κ2) is 7.53. The van der Waals surface area contributed by atoms with E-state index in [1.807, 2.05) is 12.3 Å². The van der Waals surface area contributed by atoms with Gasteiger partial charge in [-0.05, 0) is 29.5 Å². The van der Waals surface area contributed by atoms with Gasteiger partial charge in [0.1, 0.15) is 0 Å². The molecular formula is C14H18N4S. The Morgan fingerprint density at radius 2 is 2.26 bits per heavy atom. The van der Waals surface area contributed by atoms with E-state index in [-0.39, 0.29) is 0 Å². The molecule has 2 aromatic heterocycles. The molecule has 0 aliphatic heterocycles. The molecule has 2 aromatic rings. The maximum absolute atomic E-state index is 5.80. The minimum atomic E-state index is 0.514. The highest BCUT2D eigenvalue weighted by Crippen LogP contribution is 2.08. The van der Waals surface area contributed by atoms with Crippen molar-refractivity contribution in [2.24, 2.45) is 10.7 Å². The van der Waals surface area contributed by atoms with Crippen molar-refractivity contribution in [3.05, 3.63) is 52.5 Å². The molecule has 2 rings (SSSR count). The maximum atomic E-state index is 5.80. The number of rotatable bonds is 6. The van der Waals surface area contributed by atoms with Gasteiger partial charge in [-0.15, -0.1) is 11.3 Å². The zero-order valence-corrected chi connectivity index (χ0v) is 11.6. The lowest BCUT2D eigenvalue weighted by Gasteiger charge is -2.05. The lowest BCUT2D eigenvalue weighted by molar-refractivity contribution is 0.842. The molecule has 19 heavy (non-hydrogen) atoms. The topological polar surface area (TPSA) is 63.3 Å². The minimum absolute atomic E-state index is 0.514. The molecule has 0 spiro atoms. The van der Waals surface area contributed by atoms with Crippen molar-refractivity contribution in [1.82, 2.24) is 10.3 Å². The zero-order chi connectivity index (χ0) is 13.3. The van der Waals surface area contributed by atoms with Crippen LogP contribution >= 0.6 is 11.3 Å². The average Bonchev–Trinajstić information content (AvgIpc) is 2.93. The number of pyridine rings is 1. The molecular weight excluding hydrogens is 256 g/mol. The van der Waals surface area contributed by atoms with Crippen LogP contribution in [0.4, 0.5) is 0 Å². The highest BCUT2D eigenvalue weighted by molar-refractivity contribution is 7.09. The van der Waals surface area contributed by atoms with E-state index >= 15 is 0 Å². The molecule has 5 heteroatoms. The van der Waals surface area contributed by atoms with Gasteiger partial charge in [0.2, 0.25) is 0 Å². The number of thiophene rings is 1. The summed E-state index contributed by atoms with van der Waals surface area (Å²) in [6.45, 7) is 1.51. The summed E-state index contributed by atoms with van der Waals surface area (Å²) in [5, 5.41) is 5.19. The summed E-state index contributed by atoms with van der Waals surface area (Å²) in [6.07, 6.45) is 5.49. The van der Waals surface area contributed by atoms with E-state index in [0.29, 0.717) is 5.96 Å². The first kappa shape index (κ1) is 13.5. The lowest BCUT2D eigenvalue weighted by Crippen LogP contribution is -2.33. The predicted molar refractivity (Wildman–Crippen MR) is 80.5 cm³/mol. The smallest absolute Gasteiger partial charge is 0.188 e. The zero-order valence-electron chi connectivity index (χ0n) is 10.7. The number of guanidine groups is 1. The molecule has 2 heterocycles. The highest BCUT2D eigenvalue weighted by atomic mass is 32.1. The molecule has 0 aromatic carbocycles. The molecule has 0 bridgehead atoms. The van der Waals surface area contributed by atoms with Gasteiger partial charge >= 0.3 is 0 Å². The summed E-state index contributed by atoms with van der Waals surface area (Å²) < 4.78 is 0. The average molecular weight is 274 g/mol. The number of hydrogen-bond donors (Lipinski definition) is 2. The molecule has 0 aliphatic carbocycles. The second-order valence-electron chi connectivity index (χ2n) is 4.13. The van der Waals surface area contributed by atoms with Gasteiger partial charge in [-0.25, -0.2) is 0 Å². The van der Waals surface area contributed by atoms with Crippen LogP contribution in [-0.2, 0) is 12.8 Å². The normalized spacial score (nSPS) is 11.5. The van der Waals surface area contributed by atoms with Gasteiger partial charge in [-0.3, -0.25) is 9.98 Å². The molecule has 100 valence electrons. The third-order valence-corrected chi connectivity index (χ3v) is 3.60. The number of aliphatic imine (C=N–C) groups is 1. The first-order valence-electron chi connectivity index (χ1n) is 6.29. The lowest BCUT2D eigenvalue weighted by atomic mass is 10.2. The maximum Gasteiger partial charge on any atom is 0.188 e. The summed E-state index contributed by atoms with van der Waals surface area (Å²) in [7, 11) is 0. The number of aromatic nitrogens is 1. The third kappa shape index (κ3) is 5.09. The Hall–Kier alpha value is -1.88. The van der Waals surface area contributed by atoms with Crippen LogP contribution in [0.1, 0.15) is 10.4 Å². The minimum Gasteiger partial charge on any atom is -0.370 e. The Bertz CT molecular complexity index is 493. The molecule has 0 saturated carbocycles. The highest BCUT2D eigenvalue weighted by Gasteiger charge is 1.95. The Kier molecular flexibility index (Phi) is 5.37. The Morgan fingerprint density at radius 3 is 3.00 bits per heavy atom. The number of hydrogen-bond acceptors (Lipinski definition) is 3. The fourth-order valence-electron chi connectivity index (χ4n) is 1.68. The molecule has 0 atom stereocenters. The van der Waals surface area contributed by atoms with E-state index in [1.165, 1.54) is 10.4 Å². The fraction of sp³-hybridized carbons (Fsp3) is 0.286. The predicted octanol–water partition coefficient (Wildman–Crippen LogP) is 1.83. The summed E-state index contributed by atoms with van der Waals surface area (Å²) in [6, 6.07) is 8.16. The van der Waals surface area contributed by atoms with E-state index in [4.69, 9.17) is 5.73 Å². The van der Waals surface area contributed by atoms with Crippen molar-refractivity contribution in [3.63, 3.8) is 0 Å². The van der Waals surface area contributed by atoms with Crippen molar-refractivity contribution in [3.8, 4) is 0 Å². The van der Waals surface area contributed by atoms with Gasteiger partial charge in [-0.2, -0.15) is 0 Å². The van der Waals surface area contributed by atoms with Crippen LogP contribution in [0.2, 0.25) is 0 Å². The van der Waals surface area contributed by atoms with Crippen molar-refractivity contribution in [1.29, 1.82) is 0 Å². The third-order valence-electron chi connectivity index (χ3n) is 2.66. The van der Waals surface area contributed by atoms with E-state index in [9.17, 15) is 0 Å². The monoisotopic (exact) mass is 274 g/mol. The summed E-state index contributed by atoms with van der Waals surface area (Å²) in [5.74, 6) is 0.514. The summed E-state index contributed by atoms with van der Waals surface area (Å²) >= 11 is 1.75. The first-order chi connectivity index (χ1) is 9.34. The number of nitrogens with zero attached hydrogens (tertiary/aromatic N) is 2. The molecule has 3 N–H and O–H groups in total. The van der Waals surface area contributed by atoms with Gasteiger partial charge in [-0.1, -0.05) is 12.1 Å². The Balaban J connectivity index is 1.65. The second-order valence-corrected chi connectivity index (χ2v) is 5.17. The van der Waals surface area contributed by atoms with Crippen LogP contribution in [0.15, 0.2) is 47.0 Å². The molecule has 0 fully saturated rings. The molecule has 0 saturated heterocycles. The van der Waals surface area contributed by atoms with Crippen LogP contribution in [0.3, 0.4) is 0 Å². The largest absolute Gasteiger partial charge is 0.370 e. The Labute approximate surface area is 117 Å². The van der Waals surface area contributed by atoms with Crippen LogP contribution in [-0.4, -0.2) is 24.0 Å². The van der Waals surface area contributed by atoms with E-state index in [0.717, 1.165) is 25.9 Å². The van der Waals surface area contributed by atoms with E-state index < -0.39 is 0 Å². The van der Waals surface area contributed by atoms with Crippen molar-refractivity contribution >= 4 is 17.3 Å². The van der Waals surface area contributed by atoms with E-state index in [1.54, 1.807) is 17.5 Å². The van der Waals surface area contributed by atoms with Crippen molar-refractivity contribution < 1.29 is 0 Å². The molecule has 0 amide bonds. The van der Waals surface area contributed by atoms with Crippen LogP contribution in [0.5, 0.6) is 0 Å². The van der Waals surface area contributed by atoms with Gasteiger partial charge in [0.25, 0.3) is 0 Å². The van der Waals surface area contributed by atoms with Gasteiger partial charge < -0.3 is 11.1 Å². The quantitative estimate of drug-likeness (QED) is 0.624. The van der Waals surface area contributed by atoms with Gasteiger partial charge in [0.05, 0.1) is 0 Å². The molecule has 0 aliphatic rings. The van der Waals surface area contributed by atoms with E-state index in [2.05, 4.69) is 38.9 Å². The molecule has 4 nitrogen and oxygen atoms in total. The van der Waals surface area contributed by atoms with Gasteiger partial charge in [0.15, 0.2) is 5.96 Å². The van der Waals surface area contributed by atoms with Crippen molar-refractivity contribution in [2.75, 3.05) is 13.1 Å². The number of nitrogens with two attached hydrogens (primary N) is 1. The van der Waals surface area contributed by atoms with Crippen LogP contribution in [0.25, 0.3) is 0 Å². The molecule has 0 radical (unpaired) electrons. The van der Waals surface area contributed by atoms with Crippen LogP contribution < -0.4 is 11.1 Å². The Morgan fingerprint density at radius 1 is 1.32 bits per heavy atom. The molecule has 0 unspecified atom stereocenters. The summed E-state index contributed by atoms with van der Waals surface area (Å²) in [4.78, 5) is 9.72. The first-order valence-corrected chi connectivity index (χ1v) is 7.17. The SMILES string of the molecule is NC(=NCCc1cccs1)NCCc1cccnc1. The standard InChI is InChI=1S/C14H18N4S/c15-14(18-9-6-13-4-2-10-19-13)17-8-5-12-3-1-7-16-11-12/h1-4,7,10-11H,5-6,8-9H2,(H3,15,17,18). The van der Waals surface area contributed by atoms with Crippen LogP contribution in [0, 0.1) is 0 Å².